The number of benzene rings is 6. The van der Waals surface area contributed by atoms with Gasteiger partial charge in [-0.1, -0.05) is 302 Å². The molecule has 0 atom stereocenters. The molecular weight excluding hydrogens is 1010 g/mol. The van der Waals surface area contributed by atoms with Crippen molar-refractivity contribution in [3.05, 3.63) is 194 Å². The van der Waals surface area contributed by atoms with Crippen molar-refractivity contribution in [1.82, 2.24) is 0 Å². The predicted octanol–water partition coefficient (Wildman–Crippen LogP) is 21.7. The van der Waals surface area contributed by atoms with E-state index in [1.807, 2.05) is 0 Å². The van der Waals surface area contributed by atoms with Crippen LogP contribution >= 0.6 is 0 Å². The zero-order valence-electron chi connectivity index (χ0n) is 49.5. The van der Waals surface area contributed by atoms with Crippen LogP contribution in [0.15, 0.2) is 146 Å². The first-order valence-electron chi connectivity index (χ1n) is 28.3. The average molecular weight is 1100 g/mol. The standard InChI is InChI=1S/2C36H43.2CH3.Si.Zr/c2*1-35(2,3)29-16-12-27(13-17-29)31-20-21-32(28-14-18-30(19-15-28)36(4,5)6)34-24-26(23-33(31)34)22-25-10-8-7-9-11-25;;;;/h2*12-21,23-25H,7-11,22H2,1-6H3;2*1H3;;/q4*-1;;. The maximum absolute atomic E-state index is 3.06. The van der Waals surface area contributed by atoms with Crippen molar-refractivity contribution < 1.29 is 23.3 Å². The number of hydrogen-bond acceptors (Lipinski definition) is 0. The molecule has 0 amide bonds. The average Bonchev–Trinajstić information content (AvgIpc) is 4.01. The van der Waals surface area contributed by atoms with Gasteiger partial charge in [0.1, 0.15) is 0 Å². The molecule has 2 heteroatoms. The second kappa shape index (κ2) is 25.6. The Morgan fingerprint density at radius 3 is 0.842 bits per heavy atom. The first-order valence-corrected chi connectivity index (χ1v) is 32.5. The molecule has 400 valence electrons. The fraction of sp³-hybridized carbons (Fsp3) is 0.405. The van der Waals surface area contributed by atoms with Gasteiger partial charge in [-0.2, -0.15) is 12.1 Å². The van der Waals surface area contributed by atoms with Crippen molar-refractivity contribution in [1.29, 1.82) is 0 Å². The van der Waals surface area contributed by atoms with Gasteiger partial charge in [-0.3, -0.25) is 0 Å². The molecule has 0 heterocycles. The zero-order valence-corrected chi connectivity index (χ0v) is 53.0. The Hall–Kier alpha value is -4.36. The van der Waals surface area contributed by atoms with E-state index in [2.05, 4.69) is 236 Å². The molecule has 8 aromatic rings. The van der Waals surface area contributed by atoms with E-state index in [0.29, 0.717) is 0 Å². The van der Waals surface area contributed by atoms with E-state index in [0.717, 1.165) is 11.8 Å². The maximum atomic E-state index is 3.06. The Morgan fingerprint density at radius 1 is 0.355 bits per heavy atom. The van der Waals surface area contributed by atoms with E-state index in [9.17, 15) is 0 Å². The molecule has 2 aliphatic carbocycles. The molecule has 0 spiro atoms. The quantitative estimate of drug-likeness (QED) is 0.105. The molecule has 0 saturated heterocycles. The minimum absolute atomic E-state index is 0. The molecule has 0 unspecified atom stereocenters. The molecule has 0 aliphatic heterocycles. The Labute approximate surface area is 480 Å². The van der Waals surface area contributed by atoms with Gasteiger partial charge in [0, 0.05) is 0 Å². The van der Waals surface area contributed by atoms with E-state index in [1.165, 1.54) is 200 Å². The van der Waals surface area contributed by atoms with Gasteiger partial charge in [-0.15, -0.1) is 44.8 Å². The van der Waals surface area contributed by atoms with Gasteiger partial charge in [0.25, 0.3) is 0 Å². The molecule has 2 saturated carbocycles. The van der Waals surface area contributed by atoms with Crippen LogP contribution in [-0.4, -0.2) is 6.88 Å². The van der Waals surface area contributed by atoms with Gasteiger partial charge in [-0.25, -0.2) is 0 Å². The fourth-order valence-electron chi connectivity index (χ4n) is 12.0. The third-order valence-electron chi connectivity index (χ3n) is 16.6. The number of hydrogen-bond donors (Lipinski definition) is 0. The summed E-state index contributed by atoms with van der Waals surface area (Å²) in [4.78, 5) is 0. The van der Waals surface area contributed by atoms with Crippen LogP contribution in [0.4, 0.5) is 0 Å². The van der Waals surface area contributed by atoms with Crippen LogP contribution in [0, 0.1) is 26.7 Å². The molecular formula is C74H92SiZr-4. The predicted molar refractivity (Wildman–Crippen MR) is 335 cm³/mol. The summed E-state index contributed by atoms with van der Waals surface area (Å²) in [5.41, 5.74) is 20.0. The summed E-state index contributed by atoms with van der Waals surface area (Å²) < 4.78 is 0. The first-order chi connectivity index (χ1) is 35.2. The second-order valence-electron chi connectivity index (χ2n) is 26.4. The monoisotopic (exact) mass is 1100 g/mol. The van der Waals surface area contributed by atoms with Crippen LogP contribution in [0.3, 0.4) is 0 Å². The molecule has 0 nitrogen and oxygen atoms in total. The topological polar surface area (TPSA) is 0 Å². The Kier molecular flexibility index (Phi) is 20.5. The molecule has 2 fully saturated rings. The van der Waals surface area contributed by atoms with Crippen molar-refractivity contribution in [2.45, 2.75) is 182 Å². The summed E-state index contributed by atoms with van der Waals surface area (Å²) >= 11 is 1.36. The van der Waals surface area contributed by atoms with Crippen LogP contribution in [0.25, 0.3) is 66.1 Å². The molecule has 76 heavy (non-hydrogen) atoms. The molecule has 0 N–H and O–H groups in total. The van der Waals surface area contributed by atoms with Crippen LogP contribution in [0.1, 0.15) is 181 Å². The van der Waals surface area contributed by atoms with Gasteiger partial charge >= 0.3 is 30.2 Å². The van der Waals surface area contributed by atoms with Crippen LogP contribution in [0.2, 0.25) is 0 Å². The third kappa shape index (κ3) is 14.7. The third-order valence-corrected chi connectivity index (χ3v) is 16.6. The van der Waals surface area contributed by atoms with E-state index >= 15 is 0 Å². The van der Waals surface area contributed by atoms with Crippen LogP contribution < -0.4 is 0 Å². The number of rotatable bonds is 8. The summed E-state index contributed by atoms with van der Waals surface area (Å²) in [5, 5.41) is 5.62. The molecule has 2 radical (unpaired) electrons. The Balaban J connectivity index is 0.000000233. The van der Waals surface area contributed by atoms with Gasteiger partial charge in [0.15, 0.2) is 0 Å². The van der Waals surface area contributed by atoms with Crippen LogP contribution in [0.5, 0.6) is 0 Å². The van der Waals surface area contributed by atoms with Crippen molar-refractivity contribution in [3.63, 3.8) is 0 Å². The van der Waals surface area contributed by atoms with Crippen molar-refractivity contribution in [3.8, 4) is 44.5 Å². The number of fused-ring (bicyclic) bond motifs is 2. The normalized spacial score (nSPS) is 14.7. The summed E-state index contributed by atoms with van der Waals surface area (Å²) in [6.07, 6.45) is 16.5. The molecule has 10 rings (SSSR count). The van der Waals surface area contributed by atoms with Gasteiger partial charge in [-0.05, 0) is 79.7 Å². The summed E-state index contributed by atoms with van der Waals surface area (Å²) in [5.74, 6) is 1.69. The second-order valence-corrected chi connectivity index (χ2v) is 26.4. The Bertz CT molecular complexity index is 2670. The fourth-order valence-corrected chi connectivity index (χ4v) is 12.0. The molecule has 2 aliphatic rings. The van der Waals surface area contributed by atoms with Crippen molar-refractivity contribution >= 4 is 28.4 Å². The molecule has 8 aromatic carbocycles. The van der Waals surface area contributed by atoms with E-state index in [1.54, 1.807) is 0 Å². The Morgan fingerprint density at radius 2 is 0.592 bits per heavy atom. The van der Waals surface area contributed by atoms with E-state index in [4.69, 9.17) is 0 Å². The summed E-state index contributed by atoms with van der Waals surface area (Å²) in [6, 6.07) is 56.5. The summed E-state index contributed by atoms with van der Waals surface area (Å²) in [6.45, 7) is 30.5. The minimum atomic E-state index is 0. The van der Waals surface area contributed by atoms with Gasteiger partial charge < -0.3 is 14.9 Å². The van der Waals surface area contributed by atoms with Gasteiger partial charge in [0.2, 0.25) is 0 Å². The van der Waals surface area contributed by atoms with Gasteiger partial charge in [0.05, 0.1) is 0 Å². The molecule has 0 bridgehead atoms. The van der Waals surface area contributed by atoms with Crippen LogP contribution in [-0.2, 0) is 57.8 Å². The van der Waals surface area contributed by atoms with Crippen molar-refractivity contribution in [2.75, 3.05) is 0 Å². The van der Waals surface area contributed by atoms with E-state index < -0.39 is 0 Å². The first kappa shape index (κ1) is 60.9. The zero-order chi connectivity index (χ0) is 53.0. The SMILES string of the molecule is CC(C)(C)c1ccc(-c2ccc(-c3ccc(C(C)(C)C)cc3)c3[cH-]c(CC4CCCCC4)cc23)cc1.CC(C)(C)c1ccc(-c2ccc(-c3ccc(C(C)(C)C)cc3)c3[cH-]c(CC4CCCCC4)cc23)cc1.[CH3-].[CH3-].[Si]=[Zr]. The summed E-state index contributed by atoms with van der Waals surface area (Å²) in [7, 11) is 0. The molecule has 0 aromatic heterocycles. The van der Waals surface area contributed by atoms with E-state index in [-0.39, 0.29) is 36.5 Å². The van der Waals surface area contributed by atoms with Crippen molar-refractivity contribution in [2.24, 2.45) is 11.8 Å².